The Balaban J connectivity index is 2.24. The molecular formula is C8H6N2O2S. The number of aromatic nitrogens is 2. The molecule has 13 heavy (non-hydrogen) atoms. The molecule has 0 radical (unpaired) electrons. The fourth-order valence-electron chi connectivity index (χ4n) is 0.845. The molecule has 0 aliphatic heterocycles. The molecule has 0 aliphatic carbocycles. The minimum absolute atomic E-state index is 0.0951. The molecule has 0 fully saturated rings. The van der Waals surface area contributed by atoms with Crippen LogP contribution in [0.5, 0.6) is 16.7 Å². The maximum atomic E-state index is 9.34. The van der Waals surface area contributed by atoms with Gasteiger partial charge in [-0.1, -0.05) is 28.6 Å². The van der Waals surface area contributed by atoms with E-state index in [1.54, 1.807) is 29.8 Å². The fraction of sp³-hybridized carbons (Fsp3) is 0. The molecule has 0 unspecified atom stereocenters. The summed E-state index contributed by atoms with van der Waals surface area (Å²) in [5.74, 6) is 0.483. The molecule has 66 valence electrons. The molecule has 5 heteroatoms. The van der Waals surface area contributed by atoms with E-state index in [9.17, 15) is 5.11 Å². The van der Waals surface area contributed by atoms with E-state index in [1.165, 1.54) is 11.3 Å². The zero-order chi connectivity index (χ0) is 9.10. The summed E-state index contributed by atoms with van der Waals surface area (Å²) in [4.78, 5) is 0. The number of hydrogen-bond donors (Lipinski definition) is 1. The summed E-state index contributed by atoms with van der Waals surface area (Å²) in [5.41, 5.74) is 1.56. The van der Waals surface area contributed by atoms with E-state index < -0.39 is 0 Å². The third-order valence-corrected chi connectivity index (χ3v) is 1.97. The monoisotopic (exact) mass is 194 g/mol. The van der Waals surface area contributed by atoms with Crippen LogP contribution in [-0.4, -0.2) is 15.3 Å². The first-order chi connectivity index (χ1) is 6.36. The fourth-order valence-corrected chi connectivity index (χ4v) is 1.26. The van der Waals surface area contributed by atoms with Crippen molar-refractivity contribution in [1.29, 1.82) is 0 Å². The molecule has 1 aromatic carbocycles. The predicted molar refractivity (Wildman–Crippen MR) is 48.1 cm³/mol. The van der Waals surface area contributed by atoms with Gasteiger partial charge in [-0.25, -0.2) is 0 Å². The van der Waals surface area contributed by atoms with Crippen molar-refractivity contribution in [2.45, 2.75) is 0 Å². The van der Waals surface area contributed by atoms with Gasteiger partial charge in [-0.3, -0.25) is 0 Å². The summed E-state index contributed by atoms with van der Waals surface area (Å²) in [6.07, 6.45) is 0. The van der Waals surface area contributed by atoms with Crippen LogP contribution in [0.3, 0.4) is 0 Å². The predicted octanol–water partition coefficient (Wildman–Crippen LogP) is 2.04. The van der Waals surface area contributed by atoms with Crippen LogP contribution in [0, 0.1) is 0 Å². The average molecular weight is 194 g/mol. The third-order valence-electron chi connectivity index (χ3n) is 1.40. The first-order valence-electron chi connectivity index (χ1n) is 3.58. The first kappa shape index (κ1) is 8.00. The van der Waals surface area contributed by atoms with Crippen molar-refractivity contribution >= 4 is 11.3 Å². The van der Waals surface area contributed by atoms with E-state index in [1.807, 2.05) is 0 Å². The van der Waals surface area contributed by atoms with Crippen LogP contribution in [0.2, 0.25) is 0 Å². The van der Waals surface area contributed by atoms with Gasteiger partial charge in [0.15, 0.2) is 11.5 Å². The zero-order valence-electron chi connectivity index (χ0n) is 6.54. The molecule has 1 heterocycles. The smallest absolute Gasteiger partial charge is 0.299 e. The van der Waals surface area contributed by atoms with Crippen molar-refractivity contribution < 1.29 is 9.84 Å². The Morgan fingerprint density at radius 1 is 1.31 bits per heavy atom. The van der Waals surface area contributed by atoms with Gasteiger partial charge in [0.05, 0.1) is 0 Å². The highest BCUT2D eigenvalue weighted by molar-refractivity contribution is 7.11. The van der Waals surface area contributed by atoms with Crippen molar-refractivity contribution in [2.24, 2.45) is 0 Å². The van der Waals surface area contributed by atoms with Gasteiger partial charge in [0.1, 0.15) is 5.51 Å². The van der Waals surface area contributed by atoms with Crippen molar-refractivity contribution in [3.8, 4) is 16.7 Å². The molecule has 0 bridgehead atoms. The van der Waals surface area contributed by atoms with Crippen molar-refractivity contribution in [3.05, 3.63) is 29.8 Å². The Kier molecular flexibility index (Phi) is 2.09. The normalized spacial score (nSPS) is 9.85. The number of benzene rings is 1. The third kappa shape index (κ3) is 1.75. The summed E-state index contributed by atoms with van der Waals surface area (Å²) >= 11 is 1.27. The second-order valence-corrected chi connectivity index (χ2v) is 3.07. The summed E-state index contributed by atoms with van der Waals surface area (Å²) in [7, 11) is 0. The number of ether oxygens (including phenoxy) is 1. The van der Waals surface area contributed by atoms with Crippen LogP contribution in [0.4, 0.5) is 0 Å². The van der Waals surface area contributed by atoms with Gasteiger partial charge in [0.2, 0.25) is 0 Å². The van der Waals surface area contributed by atoms with Crippen LogP contribution >= 0.6 is 11.3 Å². The van der Waals surface area contributed by atoms with E-state index >= 15 is 0 Å². The molecule has 0 amide bonds. The lowest BCUT2D eigenvalue weighted by molar-refractivity contribution is 0.408. The SMILES string of the molecule is Oc1ccccc1Oc1nncs1. The minimum atomic E-state index is 0.0951. The van der Waals surface area contributed by atoms with Gasteiger partial charge in [0, 0.05) is 0 Å². The van der Waals surface area contributed by atoms with Crippen LogP contribution in [0.25, 0.3) is 0 Å². The Morgan fingerprint density at radius 3 is 2.85 bits per heavy atom. The molecule has 1 N–H and O–H groups in total. The number of para-hydroxylation sites is 2. The molecule has 2 aromatic rings. The first-order valence-corrected chi connectivity index (χ1v) is 4.46. The molecule has 0 aliphatic rings. The standard InChI is InChI=1S/C8H6N2O2S/c11-6-3-1-2-4-7(6)12-8-10-9-5-13-8/h1-5,11H. The van der Waals surface area contributed by atoms with Gasteiger partial charge in [-0.05, 0) is 12.1 Å². The highest BCUT2D eigenvalue weighted by Crippen LogP contribution is 2.30. The Bertz CT molecular complexity index is 389. The molecule has 0 saturated carbocycles. The molecule has 0 saturated heterocycles. The lowest BCUT2D eigenvalue weighted by Gasteiger charge is -2.01. The topological polar surface area (TPSA) is 55.2 Å². The van der Waals surface area contributed by atoms with Crippen molar-refractivity contribution in [1.82, 2.24) is 10.2 Å². The Labute approximate surface area is 78.4 Å². The van der Waals surface area contributed by atoms with E-state index in [4.69, 9.17) is 4.74 Å². The number of aromatic hydroxyl groups is 1. The van der Waals surface area contributed by atoms with Crippen LogP contribution in [-0.2, 0) is 0 Å². The lowest BCUT2D eigenvalue weighted by atomic mass is 10.3. The largest absolute Gasteiger partial charge is 0.504 e. The number of nitrogens with zero attached hydrogens (tertiary/aromatic N) is 2. The van der Waals surface area contributed by atoms with E-state index in [2.05, 4.69) is 10.2 Å². The molecule has 0 atom stereocenters. The summed E-state index contributed by atoms with van der Waals surface area (Å²) in [6.45, 7) is 0. The molecule has 0 spiro atoms. The number of phenols is 1. The molecule has 1 aromatic heterocycles. The number of phenolic OH excluding ortho intramolecular Hbond substituents is 1. The molecule has 2 rings (SSSR count). The molecule has 4 nitrogen and oxygen atoms in total. The Hall–Kier alpha value is -1.62. The van der Waals surface area contributed by atoms with Crippen LogP contribution in [0.1, 0.15) is 0 Å². The summed E-state index contributed by atoms with van der Waals surface area (Å²) < 4.78 is 5.24. The second kappa shape index (κ2) is 3.40. The van der Waals surface area contributed by atoms with E-state index in [0.29, 0.717) is 10.9 Å². The quantitative estimate of drug-likeness (QED) is 0.794. The number of rotatable bonds is 2. The zero-order valence-corrected chi connectivity index (χ0v) is 7.36. The second-order valence-electron chi connectivity index (χ2n) is 2.27. The van der Waals surface area contributed by atoms with E-state index in [-0.39, 0.29) is 5.75 Å². The van der Waals surface area contributed by atoms with Crippen LogP contribution in [0.15, 0.2) is 29.8 Å². The van der Waals surface area contributed by atoms with Gasteiger partial charge in [-0.15, -0.1) is 5.10 Å². The molecular weight excluding hydrogens is 188 g/mol. The Morgan fingerprint density at radius 2 is 2.15 bits per heavy atom. The lowest BCUT2D eigenvalue weighted by Crippen LogP contribution is -1.83. The maximum Gasteiger partial charge on any atom is 0.299 e. The highest BCUT2D eigenvalue weighted by Gasteiger charge is 2.03. The average Bonchev–Trinajstić information content (AvgIpc) is 2.61. The maximum absolute atomic E-state index is 9.34. The summed E-state index contributed by atoms with van der Waals surface area (Å²) in [6, 6.07) is 6.71. The van der Waals surface area contributed by atoms with Gasteiger partial charge in [0.25, 0.3) is 5.19 Å². The van der Waals surface area contributed by atoms with Gasteiger partial charge in [-0.2, -0.15) is 0 Å². The summed E-state index contributed by atoms with van der Waals surface area (Å²) in [5, 5.41) is 17.1. The number of hydrogen-bond acceptors (Lipinski definition) is 5. The minimum Gasteiger partial charge on any atom is -0.504 e. The van der Waals surface area contributed by atoms with Gasteiger partial charge >= 0.3 is 0 Å². The van der Waals surface area contributed by atoms with Crippen LogP contribution < -0.4 is 4.74 Å². The van der Waals surface area contributed by atoms with Crippen molar-refractivity contribution in [2.75, 3.05) is 0 Å². The highest BCUT2D eigenvalue weighted by atomic mass is 32.1. The van der Waals surface area contributed by atoms with Gasteiger partial charge < -0.3 is 9.84 Å². The van der Waals surface area contributed by atoms with E-state index in [0.717, 1.165) is 0 Å². The van der Waals surface area contributed by atoms with Crippen molar-refractivity contribution in [3.63, 3.8) is 0 Å².